The highest BCUT2D eigenvalue weighted by Gasteiger charge is 2.23. The minimum absolute atomic E-state index is 0.133. The molecular weight excluding hydrogens is 380 g/mol. The van der Waals surface area contributed by atoms with E-state index in [1.54, 1.807) is 0 Å². The topological polar surface area (TPSA) is 130 Å². The van der Waals surface area contributed by atoms with Crippen LogP contribution in [0.1, 0.15) is 0 Å². The molecule has 0 radical (unpaired) electrons. The number of aromatic hydroxyl groups is 4. The van der Waals surface area contributed by atoms with Crippen LogP contribution in [-0.2, 0) is 0 Å². The number of phenols is 4. The SMILES string of the molecule is COc1cc(-c2c3cc(O)c(=O)cc-3oc3cc(O)c(O)cc23)cc(OC)c1O. The van der Waals surface area contributed by atoms with E-state index in [0.717, 1.165) is 6.07 Å². The lowest BCUT2D eigenvalue weighted by Gasteiger charge is -2.18. The Balaban J connectivity index is 2.21. The molecule has 1 aliphatic heterocycles. The van der Waals surface area contributed by atoms with Crippen molar-refractivity contribution >= 4 is 11.0 Å². The maximum atomic E-state index is 11.9. The van der Waals surface area contributed by atoms with Crippen LogP contribution in [0.25, 0.3) is 33.4 Å². The van der Waals surface area contributed by atoms with Gasteiger partial charge in [-0.25, -0.2) is 0 Å². The van der Waals surface area contributed by atoms with Crippen molar-refractivity contribution in [2.24, 2.45) is 0 Å². The van der Waals surface area contributed by atoms with E-state index >= 15 is 0 Å². The van der Waals surface area contributed by atoms with Gasteiger partial charge in [0.25, 0.3) is 0 Å². The molecule has 0 fully saturated rings. The molecule has 4 N–H and O–H groups in total. The Kier molecular flexibility index (Phi) is 4.11. The first-order valence-corrected chi connectivity index (χ1v) is 8.45. The van der Waals surface area contributed by atoms with E-state index in [1.165, 1.54) is 44.6 Å². The Hall–Kier alpha value is -4.07. The minimum atomic E-state index is -0.629. The molecule has 4 rings (SSSR count). The van der Waals surface area contributed by atoms with Crippen molar-refractivity contribution in [3.8, 4) is 56.9 Å². The van der Waals surface area contributed by atoms with Crippen molar-refractivity contribution in [1.82, 2.24) is 0 Å². The van der Waals surface area contributed by atoms with Gasteiger partial charge >= 0.3 is 0 Å². The van der Waals surface area contributed by atoms with Crippen molar-refractivity contribution in [3.05, 3.63) is 46.6 Å². The summed E-state index contributed by atoms with van der Waals surface area (Å²) in [6, 6.07) is 7.99. The van der Waals surface area contributed by atoms with Crippen LogP contribution in [0.15, 0.2) is 45.6 Å². The molecule has 8 nitrogen and oxygen atoms in total. The zero-order valence-corrected chi connectivity index (χ0v) is 15.4. The highest BCUT2D eigenvalue weighted by atomic mass is 16.5. The molecule has 2 aromatic rings. The molecule has 0 amide bonds. The van der Waals surface area contributed by atoms with Gasteiger partial charge < -0.3 is 34.3 Å². The number of hydrogen-bond donors (Lipinski definition) is 4. The van der Waals surface area contributed by atoms with Gasteiger partial charge in [-0.2, -0.15) is 0 Å². The van der Waals surface area contributed by atoms with Crippen LogP contribution < -0.4 is 14.9 Å². The van der Waals surface area contributed by atoms with Crippen LogP contribution >= 0.6 is 0 Å². The van der Waals surface area contributed by atoms with Gasteiger partial charge in [0.05, 0.1) is 14.2 Å². The summed E-state index contributed by atoms with van der Waals surface area (Å²) >= 11 is 0. The number of phenolic OH excluding ortho intramolecular Hbond substituents is 4. The molecule has 1 heterocycles. The van der Waals surface area contributed by atoms with E-state index in [0.29, 0.717) is 22.1 Å². The number of rotatable bonds is 3. The summed E-state index contributed by atoms with van der Waals surface area (Å²) < 4.78 is 16.2. The molecule has 0 saturated carbocycles. The van der Waals surface area contributed by atoms with Gasteiger partial charge in [0.2, 0.25) is 11.2 Å². The molecule has 0 aromatic heterocycles. The molecule has 148 valence electrons. The fraction of sp³-hybridized carbons (Fsp3) is 0.0952. The van der Waals surface area contributed by atoms with Gasteiger partial charge in [0, 0.05) is 28.6 Å². The molecule has 0 saturated heterocycles. The molecule has 0 atom stereocenters. The second-order valence-electron chi connectivity index (χ2n) is 6.36. The van der Waals surface area contributed by atoms with Crippen molar-refractivity contribution in [2.45, 2.75) is 0 Å². The van der Waals surface area contributed by atoms with Crippen molar-refractivity contribution in [3.63, 3.8) is 0 Å². The molecular formula is C21H16O8. The predicted octanol–water partition coefficient (Wildman–Crippen LogP) is 3.40. The normalized spacial score (nSPS) is 11.1. The van der Waals surface area contributed by atoms with E-state index in [9.17, 15) is 25.2 Å². The van der Waals surface area contributed by atoms with Crippen molar-refractivity contribution in [2.75, 3.05) is 14.2 Å². The van der Waals surface area contributed by atoms with Gasteiger partial charge in [-0.1, -0.05) is 0 Å². The second-order valence-corrected chi connectivity index (χ2v) is 6.36. The Morgan fingerprint density at radius 3 is 2.03 bits per heavy atom. The average molecular weight is 396 g/mol. The zero-order valence-electron chi connectivity index (χ0n) is 15.4. The molecule has 0 bridgehead atoms. The third-order valence-electron chi connectivity index (χ3n) is 4.66. The first kappa shape index (κ1) is 18.3. The molecule has 2 aliphatic rings. The van der Waals surface area contributed by atoms with Crippen molar-refractivity contribution in [1.29, 1.82) is 0 Å². The van der Waals surface area contributed by atoms with Crippen LogP contribution in [-0.4, -0.2) is 34.6 Å². The molecule has 0 unspecified atom stereocenters. The van der Waals surface area contributed by atoms with E-state index in [-0.39, 0.29) is 34.3 Å². The van der Waals surface area contributed by atoms with E-state index in [4.69, 9.17) is 13.9 Å². The summed E-state index contributed by atoms with van der Waals surface area (Å²) in [5.74, 6) is -1.02. The van der Waals surface area contributed by atoms with Crippen LogP contribution in [0.2, 0.25) is 0 Å². The van der Waals surface area contributed by atoms with Crippen LogP contribution in [0, 0.1) is 0 Å². The third kappa shape index (κ3) is 2.82. The molecule has 29 heavy (non-hydrogen) atoms. The lowest BCUT2D eigenvalue weighted by Crippen LogP contribution is -2.01. The summed E-state index contributed by atoms with van der Waals surface area (Å²) in [6.07, 6.45) is 0. The lowest BCUT2D eigenvalue weighted by molar-refractivity contribution is 0.340. The number of fused-ring (bicyclic) bond motifs is 2. The van der Waals surface area contributed by atoms with Gasteiger partial charge in [0.15, 0.2) is 28.7 Å². The largest absolute Gasteiger partial charge is 0.504 e. The standard InChI is InChI=1S/C21H16O8/c1-27-18-3-9(4-19(28-2)21(18)26)20-10-5-12(22)14(24)7-16(10)29-17-8-15(25)13(23)6-11(17)20/h3-8,22-24,26H,1-2H3. The Labute approximate surface area is 163 Å². The smallest absolute Gasteiger partial charge is 0.223 e. The fourth-order valence-electron chi connectivity index (χ4n) is 3.28. The van der Waals surface area contributed by atoms with E-state index in [2.05, 4.69) is 0 Å². The second kappa shape index (κ2) is 6.52. The first-order chi connectivity index (χ1) is 13.8. The number of hydrogen-bond acceptors (Lipinski definition) is 8. The number of benzene rings is 3. The summed E-state index contributed by atoms with van der Waals surface area (Å²) in [5, 5.41) is 40.5. The third-order valence-corrected chi connectivity index (χ3v) is 4.66. The van der Waals surface area contributed by atoms with Crippen LogP contribution in [0.3, 0.4) is 0 Å². The van der Waals surface area contributed by atoms with Crippen LogP contribution in [0.4, 0.5) is 0 Å². The predicted molar refractivity (Wildman–Crippen MR) is 104 cm³/mol. The molecule has 2 aromatic carbocycles. The van der Waals surface area contributed by atoms with Crippen LogP contribution in [0.5, 0.6) is 34.5 Å². The van der Waals surface area contributed by atoms with Gasteiger partial charge in [-0.3, -0.25) is 4.79 Å². The Bertz CT molecular complexity index is 1260. The summed E-state index contributed by atoms with van der Waals surface area (Å²) in [7, 11) is 2.77. The van der Waals surface area contributed by atoms with E-state index in [1.807, 2.05) is 0 Å². The average Bonchev–Trinajstić information content (AvgIpc) is 2.69. The monoisotopic (exact) mass is 396 g/mol. The number of methoxy groups -OCH3 is 2. The van der Waals surface area contributed by atoms with E-state index < -0.39 is 16.9 Å². The summed E-state index contributed by atoms with van der Waals surface area (Å²) in [4.78, 5) is 11.9. The highest BCUT2D eigenvalue weighted by molar-refractivity contribution is 6.03. The lowest BCUT2D eigenvalue weighted by atomic mass is 9.93. The molecule has 8 heteroatoms. The minimum Gasteiger partial charge on any atom is -0.504 e. The van der Waals surface area contributed by atoms with Gasteiger partial charge in [-0.15, -0.1) is 0 Å². The quantitative estimate of drug-likeness (QED) is 0.306. The zero-order chi connectivity index (χ0) is 20.9. The first-order valence-electron chi connectivity index (χ1n) is 8.45. The Morgan fingerprint density at radius 1 is 0.793 bits per heavy atom. The van der Waals surface area contributed by atoms with Gasteiger partial charge in [-0.05, 0) is 29.8 Å². The number of ether oxygens (including phenoxy) is 2. The van der Waals surface area contributed by atoms with Gasteiger partial charge in [0.1, 0.15) is 11.3 Å². The maximum Gasteiger partial charge on any atom is 0.223 e. The summed E-state index contributed by atoms with van der Waals surface area (Å²) in [5.41, 5.74) is 0.887. The van der Waals surface area contributed by atoms with Crippen molar-refractivity contribution < 1.29 is 34.3 Å². The Morgan fingerprint density at radius 2 is 1.41 bits per heavy atom. The molecule has 1 aliphatic carbocycles. The fourth-order valence-corrected chi connectivity index (χ4v) is 3.28. The highest BCUT2D eigenvalue weighted by Crippen LogP contribution is 2.47. The molecule has 0 spiro atoms. The maximum absolute atomic E-state index is 11.9. The summed E-state index contributed by atoms with van der Waals surface area (Å²) in [6.45, 7) is 0.